The van der Waals surface area contributed by atoms with Crippen molar-refractivity contribution in [3.8, 4) is 11.5 Å². The van der Waals surface area contributed by atoms with Gasteiger partial charge in [0, 0.05) is 52.3 Å². The van der Waals surface area contributed by atoms with E-state index in [4.69, 9.17) is 27.9 Å². The highest BCUT2D eigenvalue weighted by molar-refractivity contribution is 9.10. The molecule has 8 heteroatoms. The van der Waals surface area contributed by atoms with E-state index in [9.17, 15) is 9.59 Å². The van der Waals surface area contributed by atoms with Crippen LogP contribution in [-0.4, -0.2) is 30.3 Å². The number of nitrogens with zero attached hydrogens (tertiary/aromatic N) is 2. The zero-order valence-corrected chi connectivity index (χ0v) is 24.1. The Labute approximate surface area is 236 Å². The minimum absolute atomic E-state index is 0.0204. The van der Waals surface area contributed by atoms with E-state index in [1.165, 1.54) is 0 Å². The van der Waals surface area contributed by atoms with E-state index in [0.717, 1.165) is 27.7 Å². The topological polar surface area (TPSA) is 49.9 Å². The Balaban J connectivity index is 1.50. The normalized spacial score (nSPS) is 16.1. The molecule has 0 N–H and O–H groups in total. The fourth-order valence-corrected chi connectivity index (χ4v) is 5.44. The number of amides is 2. The van der Waals surface area contributed by atoms with Gasteiger partial charge in [0.15, 0.2) is 0 Å². The highest BCUT2D eigenvalue weighted by Crippen LogP contribution is 2.35. The van der Waals surface area contributed by atoms with Crippen molar-refractivity contribution in [2.75, 3.05) is 18.5 Å². The highest BCUT2D eigenvalue weighted by atomic mass is 79.9. The second-order valence-electron chi connectivity index (χ2n) is 9.43. The van der Waals surface area contributed by atoms with Crippen molar-refractivity contribution in [1.82, 2.24) is 4.90 Å². The number of hydrogen-bond acceptors (Lipinski definition) is 3. The molecular formula is C29H29BrCl2N2O3. The maximum atomic E-state index is 13.4. The molecule has 0 spiro atoms. The predicted molar refractivity (Wildman–Crippen MR) is 153 cm³/mol. The van der Waals surface area contributed by atoms with Crippen LogP contribution in [-0.2, 0) is 16.1 Å². The summed E-state index contributed by atoms with van der Waals surface area (Å²) in [4.78, 5) is 29.9. The number of carbonyl (C=O) groups is 2. The smallest absolute Gasteiger partial charge is 0.228 e. The molecule has 5 nitrogen and oxygen atoms in total. The van der Waals surface area contributed by atoms with Crippen molar-refractivity contribution in [3.05, 3.63) is 86.3 Å². The van der Waals surface area contributed by atoms with E-state index in [0.29, 0.717) is 40.6 Å². The van der Waals surface area contributed by atoms with E-state index in [2.05, 4.69) is 35.8 Å². The third-order valence-corrected chi connectivity index (χ3v) is 7.65. The van der Waals surface area contributed by atoms with Crippen LogP contribution in [0.25, 0.3) is 0 Å². The minimum atomic E-state index is -0.408. The van der Waals surface area contributed by atoms with Gasteiger partial charge in [-0.25, -0.2) is 0 Å². The average molecular weight is 604 g/mol. The first-order valence-electron chi connectivity index (χ1n) is 12.2. The fraction of sp³-hybridized carbons (Fsp3) is 0.310. The van der Waals surface area contributed by atoms with Gasteiger partial charge in [0.1, 0.15) is 11.5 Å². The van der Waals surface area contributed by atoms with Crippen LogP contribution in [0.4, 0.5) is 5.69 Å². The monoisotopic (exact) mass is 602 g/mol. The molecule has 1 aliphatic heterocycles. The van der Waals surface area contributed by atoms with Crippen LogP contribution >= 0.6 is 39.1 Å². The number of carbonyl (C=O) groups excluding carboxylic acids is 2. The summed E-state index contributed by atoms with van der Waals surface area (Å²) in [6.45, 7) is 4.99. The second-order valence-corrected chi connectivity index (χ2v) is 11.2. The zero-order valence-electron chi connectivity index (χ0n) is 21.0. The lowest BCUT2D eigenvalue weighted by molar-refractivity contribution is -0.135. The number of hydrogen-bond donors (Lipinski definition) is 0. The van der Waals surface area contributed by atoms with Crippen molar-refractivity contribution in [2.45, 2.75) is 39.2 Å². The Morgan fingerprint density at radius 1 is 1.14 bits per heavy atom. The standard InChI is InChI=1S/C29H29BrCl2N2O3/c1-4-18(2)25-7-5-6-8-26(25)34-17-20(11-28(34)35)29(36)33(3)16-19-9-10-21(30)12-27(19)37-24-14-22(31)13-23(32)15-24/h5-10,12-15,18,20H,4,11,16-17H2,1-3H3. The molecule has 194 valence electrons. The molecular weight excluding hydrogens is 575 g/mol. The van der Waals surface area contributed by atoms with Crippen molar-refractivity contribution < 1.29 is 14.3 Å². The second kappa shape index (κ2) is 11.9. The van der Waals surface area contributed by atoms with Gasteiger partial charge in [-0.1, -0.05) is 77.2 Å². The molecule has 2 amide bonds. The molecule has 0 aliphatic carbocycles. The van der Waals surface area contributed by atoms with Crippen LogP contribution in [0.2, 0.25) is 10.0 Å². The Morgan fingerprint density at radius 3 is 2.54 bits per heavy atom. The van der Waals surface area contributed by atoms with Gasteiger partial charge < -0.3 is 14.5 Å². The lowest BCUT2D eigenvalue weighted by Crippen LogP contribution is -2.34. The predicted octanol–water partition coefficient (Wildman–Crippen LogP) is 8.07. The van der Waals surface area contributed by atoms with Crippen molar-refractivity contribution in [1.29, 1.82) is 0 Å². The molecule has 1 heterocycles. The maximum Gasteiger partial charge on any atom is 0.228 e. The molecule has 1 fully saturated rings. The van der Waals surface area contributed by atoms with E-state index in [1.54, 1.807) is 35.0 Å². The molecule has 2 atom stereocenters. The number of halogens is 3. The van der Waals surface area contributed by atoms with E-state index < -0.39 is 5.92 Å². The lowest BCUT2D eigenvalue weighted by Gasteiger charge is -2.24. The quantitative estimate of drug-likeness (QED) is 0.261. The first-order chi connectivity index (χ1) is 17.7. The summed E-state index contributed by atoms with van der Waals surface area (Å²) in [5, 5.41) is 0.938. The van der Waals surface area contributed by atoms with Crippen LogP contribution in [0.15, 0.2) is 65.1 Å². The third kappa shape index (κ3) is 6.49. The van der Waals surface area contributed by atoms with Crippen LogP contribution in [0.5, 0.6) is 11.5 Å². The highest BCUT2D eigenvalue weighted by Gasteiger charge is 2.37. The minimum Gasteiger partial charge on any atom is -0.457 e. The summed E-state index contributed by atoms with van der Waals surface area (Å²) >= 11 is 15.8. The van der Waals surface area contributed by atoms with Gasteiger partial charge in [-0.05, 0) is 54.3 Å². The van der Waals surface area contributed by atoms with Gasteiger partial charge in [-0.3, -0.25) is 9.59 Å². The third-order valence-electron chi connectivity index (χ3n) is 6.72. The molecule has 4 rings (SSSR count). The largest absolute Gasteiger partial charge is 0.457 e. The molecule has 0 bridgehead atoms. The average Bonchev–Trinajstić information content (AvgIpc) is 3.25. The summed E-state index contributed by atoms with van der Waals surface area (Å²) in [6, 6.07) is 18.6. The maximum absolute atomic E-state index is 13.4. The number of rotatable bonds is 8. The van der Waals surface area contributed by atoms with Crippen LogP contribution in [0, 0.1) is 5.92 Å². The number of benzene rings is 3. The Hall–Kier alpha value is -2.54. The summed E-state index contributed by atoms with van der Waals surface area (Å²) in [6.07, 6.45) is 1.17. The van der Waals surface area contributed by atoms with Crippen molar-refractivity contribution >= 4 is 56.6 Å². The molecule has 1 saturated heterocycles. The molecule has 37 heavy (non-hydrogen) atoms. The number of ether oxygens (including phenoxy) is 1. The van der Waals surface area contributed by atoms with E-state index in [1.807, 2.05) is 36.4 Å². The molecule has 0 saturated carbocycles. The first-order valence-corrected chi connectivity index (χ1v) is 13.8. The van der Waals surface area contributed by atoms with Gasteiger partial charge in [-0.15, -0.1) is 0 Å². The zero-order chi connectivity index (χ0) is 26.7. The molecule has 2 unspecified atom stereocenters. The number of para-hydroxylation sites is 1. The summed E-state index contributed by atoms with van der Waals surface area (Å²) in [5.74, 6) is 0.909. The molecule has 0 aromatic heterocycles. The Morgan fingerprint density at radius 2 is 1.84 bits per heavy atom. The van der Waals surface area contributed by atoms with E-state index >= 15 is 0 Å². The summed E-state index contributed by atoms with van der Waals surface area (Å²) in [5.41, 5.74) is 2.86. The fourth-order valence-electron chi connectivity index (χ4n) is 4.59. The van der Waals surface area contributed by atoms with Crippen molar-refractivity contribution in [2.24, 2.45) is 5.92 Å². The summed E-state index contributed by atoms with van der Waals surface area (Å²) < 4.78 is 6.94. The van der Waals surface area contributed by atoms with Gasteiger partial charge in [0.2, 0.25) is 11.8 Å². The summed E-state index contributed by atoms with van der Waals surface area (Å²) in [7, 11) is 1.75. The Bertz CT molecular complexity index is 1300. The van der Waals surface area contributed by atoms with Gasteiger partial charge >= 0.3 is 0 Å². The Kier molecular flexibility index (Phi) is 8.83. The van der Waals surface area contributed by atoms with Gasteiger partial charge in [0.05, 0.1) is 5.92 Å². The van der Waals surface area contributed by atoms with Crippen LogP contribution in [0.3, 0.4) is 0 Å². The van der Waals surface area contributed by atoms with Gasteiger partial charge in [0.25, 0.3) is 0 Å². The van der Waals surface area contributed by atoms with Gasteiger partial charge in [-0.2, -0.15) is 0 Å². The van der Waals surface area contributed by atoms with E-state index in [-0.39, 0.29) is 18.2 Å². The number of anilines is 1. The molecule has 1 aliphatic rings. The SMILES string of the molecule is CCC(C)c1ccccc1N1CC(C(=O)N(C)Cc2ccc(Br)cc2Oc2cc(Cl)cc(Cl)c2)CC1=O. The van der Waals surface area contributed by atoms with Crippen molar-refractivity contribution in [3.63, 3.8) is 0 Å². The molecule has 3 aromatic carbocycles. The lowest BCUT2D eigenvalue weighted by atomic mass is 9.96. The molecule has 3 aromatic rings. The van der Waals surface area contributed by atoms with Crippen LogP contribution in [0.1, 0.15) is 43.7 Å². The van der Waals surface area contributed by atoms with Crippen LogP contribution < -0.4 is 9.64 Å². The molecule has 0 radical (unpaired) electrons. The first kappa shape index (κ1) is 27.5.